The molecule has 1 aliphatic heterocycles. The van der Waals surface area contributed by atoms with Crippen LogP contribution in [0.15, 0.2) is 23.1 Å². The fourth-order valence-electron chi connectivity index (χ4n) is 1.75. The summed E-state index contributed by atoms with van der Waals surface area (Å²) in [4.78, 5) is 11.0. The summed E-state index contributed by atoms with van der Waals surface area (Å²) in [5.74, 6) is -0.813. The molecule has 0 spiro atoms. The van der Waals surface area contributed by atoms with E-state index in [4.69, 9.17) is 14.6 Å². The first-order chi connectivity index (χ1) is 9.31. The van der Waals surface area contributed by atoms with Crippen LogP contribution < -0.4 is 14.2 Å². The number of carboxylic acid groups (broad SMARTS) is 1. The predicted octanol–water partition coefficient (Wildman–Crippen LogP) is 0.803. The summed E-state index contributed by atoms with van der Waals surface area (Å²) < 4.78 is 36.7. The van der Waals surface area contributed by atoms with Crippen LogP contribution in [0, 0.1) is 5.92 Å². The van der Waals surface area contributed by atoms with Gasteiger partial charge in [0.2, 0.25) is 16.8 Å². The maximum absolute atomic E-state index is 12.2. The second-order valence-corrected chi connectivity index (χ2v) is 6.41. The fraction of sp³-hybridized carbons (Fsp3) is 0.417. The van der Waals surface area contributed by atoms with Crippen molar-refractivity contribution in [3.8, 4) is 11.5 Å². The van der Waals surface area contributed by atoms with Crippen LogP contribution in [0.4, 0.5) is 0 Å². The van der Waals surface area contributed by atoms with Crippen molar-refractivity contribution >= 4 is 16.0 Å². The topological polar surface area (TPSA) is 102 Å². The monoisotopic (exact) mass is 301 g/mol. The minimum atomic E-state index is -3.94. The molecule has 2 N–H and O–H groups in total. The molecule has 1 aromatic rings. The summed E-state index contributed by atoms with van der Waals surface area (Å²) in [7, 11) is -3.94. The molecule has 0 radical (unpaired) electrons. The van der Waals surface area contributed by atoms with Crippen molar-refractivity contribution in [1.82, 2.24) is 4.72 Å². The minimum absolute atomic E-state index is 0.0377. The third-order valence-corrected chi connectivity index (χ3v) is 4.31. The summed E-state index contributed by atoms with van der Waals surface area (Å²) in [6.07, 6.45) is 0. The van der Waals surface area contributed by atoms with Crippen molar-refractivity contribution in [1.29, 1.82) is 0 Å². The maximum atomic E-state index is 12.2. The van der Waals surface area contributed by atoms with E-state index in [9.17, 15) is 13.2 Å². The average Bonchev–Trinajstić information content (AvgIpc) is 2.82. The van der Waals surface area contributed by atoms with Gasteiger partial charge in [0.25, 0.3) is 0 Å². The third kappa shape index (κ3) is 2.86. The zero-order valence-corrected chi connectivity index (χ0v) is 11.8. The predicted molar refractivity (Wildman–Crippen MR) is 69.1 cm³/mol. The molecule has 0 aliphatic carbocycles. The molecule has 0 aromatic heterocycles. The van der Waals surface area contributed by atoms with Crippen molar-refractivity contribution in [2.45, 2.75) is 24.8 Å². The number of hydrogen-bond donors (Lipinski definition) is 2. The molecular weight excluding hydrogens is 286 g/mol. The normalized spacial score (nSPS) is 15.3. The van der Waals surface area contributed by atoms with Crippen LogP contribution in [-0.4, -0.2) is 32.3 Å². The Hall–Kier alpha value is -1.80. The molecule has 1 aromatic carbocycles. The molecule has 0 bridgehead atoms. The highest BCUT2D eigenvalue weighted by Gasteiger charge is 2.29. The lowest BCUT2D eigenvalue weighted by atomic mass is 10.1. The van der Waals surface area contributed by atoms with Gasteiger partial charge in [0.05, 0.1) is 4.90 Å². The standard InChI is InChI=1S/C12H15NO6S/c1-7(2)11(12(14)15)13-20(16,17)8-3-4-9-10(5-8)19-6-18-9/h3-5,7,11,13H,6H2,1-2H3,(H,14,15). The van der Waals surface area contributed by atoms with Gasteiger partial charge in [-0.25, -0.2) is 8.42 Å². The van der Waals surface area contributed by atoms with Crippen molar-refractivity contribution in [3.63, 3.8) is 0 Å². The first-order valence-electron chi connectivity index (χ1n) is 5.96. The highest BCUT2D eigenvalue weighted by atomic mass is 32.2. The zero-order chi connectivity index (χ0) is 14.9. The minimum Gasteiger partial charge on any atom is -0.480 e. The van der Waals surface area contributed by atoms with E-state index in [1.165, 1.54) is 18.2 Å². The number of hydrogen-bond acceptors (Lipinski definition) is 5. The molecule has 1 heterocycles. The van der Waals surface area contributed by atoms with Crippen LogP contribution in [0.1, 0.15) is 13.8 Å². The van der Waals surface area contributed by atoms with Crippen LogP contribution in [-0.2, 0) is 14.8 Å². The molecule has 20 heavy (non-hydrogen) atoms. The van der Waals surface area contributed by atoms with Gasteiger partial charge in [-0.2, -0.15) is 4.72 Å². The quantitative estimate of drug-likeness (QED) is 0.834. The Kier molecular flexibility index (Phi) is 3.87. The van der Waals surface area contributed by atoms with Crippen LogP contribution in [0.25, 0.3) is 0 Å². The van der Waals surface area contributed by atoms with Gasteiger partial charge in [-0.05, 0) is 18.1 Å². The van der Waals surface area contributed by atoms with Gasteiger partial charge >= 0.3 is 5.97 Å². The number of ether oxygens (including phenoxy) is 2. The highest BCUT2D eigenvalue weighted by molar-refractivity contribution is 7.89. The Balaban J connectivity index is 2.28. The van der Waals surface area contributed by atoms with E-state index in [1.54, 1.807) is 13.8 Å². The molecule has 0 saturated carbocycles. The summed E-state index contributed by atoms with van der Waals surface area (Å²) >= 11 is 0. The molecule has 0 fully saturated rings. The van der Waals surface area contributed by atoms with E-state index in [0.29, 0.717) is 11.5 Å². The Morgan fingerprint density at radius 3 is 2.55 bits per heavy atom. The SMILES string of the molecule is CC(C)C(NS(=O)(=O)c1ccc2c(c1)OCO2)C(=O)O. The van der Waals surface area contributed by atoms with Gasteiger partial charge in [-0.1, -0.05) is 13.8 Å². The number of fused-ring (bicyclic) bond motifs is 1. The number of carbonyl (C=O) groups is 1. The number of benzene rings is 1. The molecule has 8 heteroatoms. The Morgan fingerprint density at radius 1 is 1.30 bits per heavy atom. The summed E-state index contributed by atoms with van der Waals surface area (Å²) in [6, 6.07) is 2.94. The lowest BCUT2D eigenvalue weighted by Crippen LogP contribution is -2.44. The first kappa shape index (κ1) is 14.6. The lowest BCUT2D eigenvalue weighted by Gasteiger charge is -2.18. The third-order valence-electron chi connectivity index (χ3n) is 2.87. The Labute approximate surface area is 116 Å². The molecule has 7 nitrogen and oxygen atoms in total. The van der Waals surface area contributed by atoms with Gasteiger partial charge in [0.15, 0.2) is 11.5 Å². The molecule has 2 rings (SSSR count). The molecule has 0 amide bonds. The molecule has 1 atom stereocenters. The van der Waals surface area contributed by atoms with Gasteiger partial charge < -0.3 is 14.6 Å². The van der Waals surface area contributed by atoms with Crippen molar-refractivity contribution < 1.29 is 27.8 Å². The zero-order valence-electron chi connectivity index (χ0n) is 11.0. The molecular formula is C12H15NO6S. The summed E-state index contributed by atoms with van der Waals surface area (Å²) in [5.41, 5.74) is 0. The van der Waals surface area contributed by atoms with Crippen LogP contribution >= 0.6 is 0 Å². The van der Waals surface area contributed by atoms with E-state index in [1.807, 2.05) is 0 Å². The smallest absolute Gasteiger partial charge is 0.322 e. The number of carboxylic acids is 1. The lowest BCUT2D eigenvalue weighted by molar-refractivity contribution is -0.140. The van der Waals surface area contributed by atoms with Crippen molar-refractivity contribution in [3.05, 3.63) is 18.2 Å². The van der Waals surface area contributed by atoms with Crippen molar-refractivity contribution in [2.24, 2.45) is 5.92 Å². The summed E-state index contributed by atoms with van der Waals surface area (Å²) in [5, 5.41) is 9.04. The number of sulfonamides is 1. The van der Waals surface area contributed by atoms with Gasteiger partial charge in [0, 0.05) is 6.07 Å². The fourth-order valence-corrected chi connectivity index (χ4v) is 3.10. The van der Waals surface area contributed by atoms with E-state index in [0.717, 1.165) is 0 Å². The second kappa shape index (κ2) is 5.29. The van der Waals surface area contributed by atoms with E-state index >= 15 is 0 Å². The summed E-state index contributed by atoms with van der Waals surface area (Å²) in [6.45, 7) is 3.29. The van der Waals surface area contributed by atoms with Crippen LogP contribution in [0.5, 0.6) is 11.5 Å². The number of rotatable bonds is 5. The van der Waals surface area contributed by atoms with E-state index < -0.39 is 22.0 Å². The number of aliphatic carboxylic acids is 1. The van der Waals surface area contributed by atoms with Gasteiger partial charge in [-0.15, -0.1) is 0 Å². The molecule has 1 aliphatic rings. The first-order valence-corrected chi connectivity index (χ1v) is 7.44. The second-order valence-electron chi connectivity index (χ2n) is 4.70. The number of nitrogens with one attached hydrogen (secondary N) is 1. The van der Waals surface area contributed by atoms with Crippen LogP contribution in [0.3, 0.4) is 0 Å². The Morgan fingerprint density at radius 2 is 1.95 bits per heavy atom. The van der Waals surface area contributed by atoms with Crippen LogP contribution in [0.2, 0.25) is 0 Å². The highest BCUT2D eigenvalue weighted by Crippen LogP contribution is 2.33. The molecule has 0 saturated heterocycles. The Bertz CT molecular complexity index is 625. The van der Waals surface area contributed by atoms with Crippen molar-refractivity contribution in [2.75, 3.05) is 6.79 Å². The van der Waals surface area contributed by atoms with Gasteiger partial charge in [0.1, 0.15) is 6.04 Å². The average molecular weight is 301 g/mol. The maximum Gasteiger partial charge on any atom is 0.322 e. The van der Waals surface area contributed by atoms with E-state index in [-0.39, 0.29) is 17.6 Å². The molecule has 110 valence electrons. The molecule has 1 unspecified atom stereocenters. The van der Waals surface area contributed by atoms with E-state index in [2.05, 4.69) is 4.72 Å². The van der Waals surface area contributed by atoms with Gasteiger partial charge in [-0.3, -0.25) is 4.79 Å². The largest absolute Gasteiger partial charge is 0.480 e.